The van der Waals surface area contributed by atoms with Gasteiger partial charge in [-0.1, -0.05) is 24.2 Å². The van der Waals surface area contributed by atoms with Crippen LogP contribution in [0.4, 0.5) is 0 Å². The first-order valence-corrected chi connectivity index (χ1v) is 9.47. The average molecular weight is 437 g/mol. The molecule has 0 spiro atoms. The zero-order valence-electron chi connectivity index (χ0n) is 17.8. The number of hydrogen-bond acceptors (Lipinski definition) is 7. The molecule has 2 N–H and O–H groups in total. The van der Waals surface area contributed by atoms with Crippen LogP contribution in [-0.2, 0) is 0 Å². The van der Waals surface area contributed by atoms with Crippen LogP contribution in [0.25, 0.3) is 0 Å². The van der Waals surface area contributed by atoms with E-state index in [1.807, 2.05) is 43.3 Å². The van der Waals surface area contributed by atoms with Gasteiger partial charge in [0.1, 0.15) is 0 Å². The Morgan fingerprint density at radius 3 is 1.83 bits per heavy atom. The van der Waals surface area contributed by atoms with E-state index in [9.17, 15) is 5.21 Å². The molecule has 2 aromatic rings. The Labute approximate surface area is 183 Å². The van der Waals surface area contributed by atoms with Crippen LogP contribution in [0.5, 0.6) is 23.0 Å². The van der Waals surface area contributed by atoms with E-state index in [1.165, 1.54) is 0 Å². The van der Waals surface area contributed by atoms with E-state index < -0.39 is 0 Å². The highest BCUT2D eigenvalue weighted by molar-refractivity contribution is 5.88. The van der Waals surface area contributed by atoms with Gasteiger partial charge in [-0.3, -0.25) is 0 Å². The molecular weight excluding hydrogens is 408 g/mol. The van der Waals surface area contributed by atoms with Crippen molar-refractivity contribution < 1.29 is 24.2 Å². The number of nitrogens with zero attached hydrogens (tertiary/aromatic N) is 1. The summed E-state index contributed by atoms with van der Waals surface area (Å²) in [6, 6.07) is 11.6. The Morgan fingerprint density at radius 2 is 1.33 bits per heavy atom. The standard InChI is InChI=1S/C22H28N2O5.ClH/c1-13-16(24-25)12-17(14-6-8-18(26-2)20(10-14)28-4)23-22(13)15-7-9-19(27-3)21(11-15)29-5;/h6-11,13,17,22-23,25H,12H2,1-5H3;1H. The first kappa shape index (κ1) is 23.6. The maximum absolute atomic E-state index is 9.63. The summed E-state index contributed by atoms with van der Waals surface area (Å²) < 4.78 is 21.6. The Kier molecular flexibility index (Phi) is 8.20. The molecule has 0 amide bonds. The maximum atomic E-state index is 9.63. The lowest BCUT2D eigenvalue weighted by Crippen LogP contribution is -2.41. The van der Waals surface area contributed by atoms with Crippen molar-refractivity contribution in [2.75, 3.05) is 28.4 Å². The third-order valence-corrected chi connectivity index (χ3v) is 5.52. The zero-order chi connectivity index (χ0) is 21.0. The molecule has 7 nitrogen and oxygen atoms in total. The molecule has 3 unspecified atom stereocenters. The fraction of sp³-hybridized carbons (Fsp3) is 0.409. The molecular formula is C22H29ClN2O5. The second-order valence-corrected chi connectivity index (χ2v) is 7.01. The normalized spacial score (nSPS) is 22.2. The van der Waals surface area contributed by atoms with Crippen LogP contribution in [0, 0.1) is 5.92 Å². The summed E-state index contributed by atoms with van der Waals surface area (Å²) in [5.41, 5.74) is 2.80. The molecule has 2 aromatic carbocycles. The lowest BCUT2D eigenvalue weighted by atomic mass is 9.81. The Bertz CT molecular complexity index is 890. The summed E-state index contributed by atoms with van der Waals surface area (Å²) >= 11 is 0. The minimum Gasteiger partial charge on any atom is -0.493 e. The molecule has 1 heterocycles. The first-order chi connectivity index (χ1) is 14.1. The number of nitrogens with one attached hydrogen (secondary N) is 1. The van der Waals surface area contributed by atoms with Crippen molar-refractivity contribution in [1.82, 2.24) is 5.32 Å². The number of methoxy groups -OCH3 is 4. The van der Waals surface area contributed by atoms with Crippen LogP contribution in [0.15, 0.2) is 41.6 Å². The summed E-state index contributed by atoms with van der Waals surface area (Å²) in [6.07, 6.45) is 0.594. The summed E-state index contributed by atoms with van der Waals surface area (Å²) in [4.78, 5) is 0. The van der Waals surface area contributed by atoms with Gasteiger partial charge in [-0.05, 0) is 35.4 Å². The number of halogens is 1. The Hall–Kier alpha value is -2.64. The third kappa shape index (κ3) is 4.57. The van der Waals surface area contributed by atoms with Crippen molar-refractivity contribution in [1.29, 1.82) is 0 Å². The molecule has 30 heavy (non-hydrogen) atoms. The number of rotatable bonds is 6. The van der Waals surface area contributed by atoms with Gasteiger partial charge in [-0.2, -0.15) is 0 Å². The molecule has 0 aliphatic carbocycles. The van der Waals surface area contributed by atoms with Crippen LogP contribution in [0.2, 0.25) is 0 Å². The first-order valence-electron chi connectivity index (χ1n) is 9.47. The second kappa shape index (κ2) is 10.4. The van der Waals surface area contributed by atoms with E-state index in [4.69, 9.17) is 18.9 Å². The molecule has 8 heteroatoms. The molecule has 1 fully saturated rings. The van der Waals surface area contributed by atoms with Crippen molar-refractivity contribution in [3.05, 3.63) is 47.5 Å². The van der Waals surface area contributed by atoms with Gasteiger partial charge < -0.3 is 29.5 Å². The largest absolute Gasteiger partial charge is 0.493 e. The molecule has 3 rings (SSSR count). The van der Waals surface area contributed by atoms with Gasteiger partial charge in [0.15, 0.2) is 23.0 Å². The van der Waals surface area contributed by atoms with E-state index in [0.29, 0.717) is 29.4 Å². The number of benzene rings is 2. The van der Waals surface area contributed by atoms with Crippen molar-refractivity contribution in [2.24, 2.45) is 11.1 Å². The maximum Gasteiger partial charge on any atom is 0.161 e. The highest BCUT2D eigenvalue weighted by Crippen LogP contribution is 2.40. The molecule has 164 valence electrons. The fourth-order valence-corrected chi connectivity index (χ4v) is 3.85. The van der Waals surface area contributed by atoms with Gasteiger partial charge in [-0.15, -0.1) is 12.4 Å². The minimum atomic E-state index is -0.0625. The Morgan fingerprint density at radius 1 is 0.833 bits per heavy atom. The zero-order valence-corrected chi connectivity index (χ0v) is 18.7. The highest BCUT2D eigenvalue weighted by atomic mass is 35.5. The third-order valence-electron chi connectivity index (χ3n) is 5.52. The van der Waals surface area contributed by atoms with Crippen molar-refractivity contribution in [2.45, 2.75) is 25.4 Å². The van der Waals surface area contributed by atoms with E-state index in [1.54, 1.807) is 28.4 Å². The van der Waals surface area contributed by atoms with E-state index in [2.05, 4.69) is 10.5 Å². The molecule has 1 aliphatic heterocycles. The quantitative estimate of drug-likeness (QED) is 0.516. The van der Waals surface area contributed by atoms with Gasteiger partial charge >= 0.3 is 0 Å². The molecule has 3 atom stereocenters. The van der Waals surface area contributed by atoms with Gasteiger partial charge in [0.05, 0.1) is 34.2 Å². The highest BCUT2D eigenvalue weighted by Gasteiger charge is 2.34. The van der Waals surface area contributed by atoms with E-state index in [-0.39, 0.29) is 30.4 Å². The summed E-state index contributed by atoms with van der Waals surface area (Å²) in [5.74, 6) is 2.68. The number of oxime groups is 1. The van der Waals surface area contributed by atoms with Gasteiger partial charge in [0.25, 0.3) is 0 Å². The van der Waals surface area contributed by atoms with Crippen LogP contribution < -0.4 is 24.3 Å². The van der Waals surface area contributed by atoms with Gasteiger partial charge in [0.2, 0.25) is 0 Å². The molecule has 1 saturated heterocycles. The van der Waals surface area contributed by atoms with Crippen molar-refractivity contribution in [3.8, 4) is 23.0 Å². The summed E-state index contributed by atoms with van der Waals surface area (Å²) in [7, 11) is 6.46. The Balaban J connectivity index is 0.00000320. The fourth-order valence-electron chi connectivity index (χ4n) is 3.85. The summed E-state index contributed by atoms with van der Waals surface area (Å²) in [6.45, 7) is 2.05. The minimum absolute atomic E-state index is 0. The van der Waals surface area contributed by atoms with Crippen molar-refractivity contribution in [3.63, 3.8) is 0 Å². The predicted octanol–water partition coefficient (Wildman–Crippen LogP) is 4.38. The van der Waals surface area contributed by atoms with E-state index >= 15 is 0 Å². The number of hydrogen-bond donors (Lipinski definition) is 2. The lowest BCUT2D eigenvalue weighted by molar-refractivity contribution is 0.293. The van der Waals surface area contributed by atoms with Crippen LogP contribution in [0.1, 0.15) is 36.6 Å². The second-order valence-electron chi connectivity index (χ2n) is 7.01. The predicted molar refractivity (Wildman–Crippen MR) is 118 cm³/mol. The van der Waals surface area contributed by atoms with Crippen molar-refractivity contribution >= 4 is 18.1 Å². The smallest absolute Gasteiger partial charge is 0.161 e. The molecule has 0 radical (unpaired) electrons. The summed E-state index contributed by atoms with van der Waals surface area (Å²) in [5, 5.41) is 16.9. The molecule has 0 aromatic heterocycles. The van der Waals surface area contributed by atoms with Gasteiger partial charge in [0, 0.05) is 24.4 Å². The van der Waals surface area contributed by atoms with E-state index in [0.717, 1.165) is 16.8 Å². The molecule has 0 saturated carbocycles. The number of ether oxygens (including phenoxy) is 4. The lowest BCUT2D eigenvalue weighted by Gasteiger charge is -2.37. The molecule has 0 bridgehead atoms. The van der Waals surface area contributed by atoms with Crippen LogP contribution in [-0.4, -0.2) is 39.4 Å². The SMILES string of the molecule is COc1ccc(C2CC(=NO)C(C)C(c3ccc(OC)c(OC)c3)N2)cc1OC.Cl. The number of piperidine rings is 1. The topological polar surface area (TPSA) is 81.5 Å². The van der Waals surface area contributed by atoms with Crippen LogP contribution in [0.3, 0.4) is 0 Å². The average Bonchev–Trinajstić information content (AvgIpc) is 2.78. The molecule has 1 aliphatic rings. The van der Waals surface area contributed by atoms with Crippen LogP contribution >= 0.6 is 12.4 Å². The monoisotopic (exact) mass is 436 g/mol. The van der Waals surface area contributed by atoms with Gasteiger partial charge in [-0.25, -0.2) is 0 Å².